The largest absolute Gasteiger partial charge is 0.497 e. The Kier molecular flexibility index (Phi) is 7.25. The Bertz CT molecular complexity index is 624. The average Bonchev–Trinajstić information content (AvgIpc) is 2.68. The van der Waals surface area contributed by atoms with Crippen LogP contribution in [0.2, 0.25) is 0 Å². The van der Waals surface area contributed by atoms with Crippen LogP contribution >= 0.6 is 0 Å². The normalized spacial score (nSPS) is 13.9. The summed E-state index contributed by atoms with van der Waals surface area (Å²) in [5.74, 6) is -0.415. The van der Waals surface area contributed by atoms with Gasteiger partial charge in [0.15, 0.2) is 0 Å². The zero-order valence-corrected chi connectivity index (χ0v) is 15.2. The Morgan fingerprint density at radius 2 is 1.65 bits per heavy atom. The van der Waals surface area contributed by atoms with Crippen molar-refractivity contribution in [3.05, 3.63) is 29.8 Å². The van der Waals surface area contributed by atoms with E-state index >= 15 is 0 Å². The number of amides is 3. The van der Waals surface area contributed by atoms with E-state index in [-0.39, 0.29) is 6.09 Å². The molecule has 1 aliphatic heterocycles. The summed E-state index contributed by atoms with van der Waals surface area (Å²) < 4.78 is 10.0. The van der Waals surface area contributed by atoms with E-state index in [4.69, 9.17) is 9.47 Å². The number of nitrogens with zero attached hydrogens (tertiary/aromatic N) is 2. The number of carbonyl (C=O) groups excluding carboxylic acids is 3. The molecular weight excluding hydrogens is 338 g/mol. The highest BCUT2D eigenvalue weighted by atomic mass is 16.6. The first-order chi connectivity index (χ1) is 12.5. The van der Waals surface area contributed by atoms with Crippen molar-refractivity contribution in [3.63, 3.8) is 0 Å². The molecule has 0 aromatic heterocycles. The second-order valence-electron chi connectivity index (χ2n) is 5.83. The summed E-state index contributed by atoms with van der Waals surface area (Å²) in [4.78, 5) is 38.8. The second-order valence-corrected chi connectivity index (χ2v) is 5.83. The number of ether oxygens (including phenoxy) is 2. The molecule has 1 aromatic carbocycles. The van der Waals surface area contributed by atoms with Crippen molar-refractivity contribution in [1.82, 2.24) is 15.1 Å². The molecule has 0 unspecified atom stereocenters. The van der Waals surface area contributed by atoms with Gasteiger partial charge in [-0.3, -0.25) is 9.59 Å². The SMILES string of the molecule is CCOC(=O)N1CCN(C(=O)C(=O)NCCc2ccc(OC)cc2)CC1. The molecule has 1 aromatic rings. The highest BCUT2D eigenvalue weighted by molar-refractivity contribution is 6.35. The third kappa shape index (κ3) is 5.37. The predicted octanol–water partition coefficient (Wildman–Crippen LogP) is 0.655. The van der Waals surface area contributed by atoms with Crippen LogP contribution in [0.4, 0.5) is 4.79 Å². The van der Waals surface area contributed by atoms with E-state index in [1.165, 1.54) is 9.80 Å². The van der Waals surface area contributed by atoms with E-state index in [0.717, 1.165) is 11.3 Å². The third-order valence-electron chi connectivity index (χ3n) is 4.15. The Morgan fingerprint density at radius 1 is 1.04 bits per heavy atom. The topological polar surface area (TPSA) is 88.2 Å². The molecule has 8 heteroatoms. The highest BCUT2D eigenvalue weighted by Crippen LogP contribution is 2.11. The number of carbonyl (C=O) groups is 3. The molecule has 142 valence electrons. The van der Waals surface area contributed by atoms with Gasteiger partial charge in [0.25, 0.3) is 0 Å². The van der Waals surface area contributed by atoms with Gasteiger partial charge in [0, 0.05) is 32.7 Å². The Balaban J connectivity index is 1.72. The third-order valence-corrected chi connectivity index (χ3v) is 4.15. The number of methoxy groups -OCH3 is 1. The number of benzene rings is 1. The maximum Gasteiger partial charge on any atom is 0.409 e. The smallest absolute Gasteiger partial charge is 0.409 e. The maximum atomic E-state index is 12.2. The number of hydrogen-bond acceptors (Lipinski definition) is 5. The Hall–Kier alpha value is -2.77. The molecule has 2 rings (SSSR count). The fourth-order valence-electron chi connectivity index (χ4n) is 2.64. The van der Waals surface area contributed by atoms with Gasteiger partial charge in [0.2, 0.25) is 0 Å². The van der Waals surface area contributed by atoms with Crippen molar-refractivity contribution < 1.29 is 23.9 Å². The summed E-state index contributed by atoms with van der Waals surface area (Å²) in [6.07, 6.45) is 0.239. The minimum absolute atomic E-state index is 0.314. The summed E-state index contributed by atoms with van der Waals surface area (Å²) in [7, 11) is 1.60. The number of rotatable bonds is 5. The van der Waals surface area contributed by atoms with Crippen molar-refractivity contribution in [2.45, 2.75) is 13.3 Å². The van der Waals surface area contributed by atoms with Crippen LogP contribution in [0.5, 0.6) is 5.75 Å². The van der Waals surface area contributed by atoms with Gasteiger partial charge >= 0.3 is 17.9 Å². The molecule has 0 radical (unpaired) electrons. The molecular formula is C18H25N3O5. The van der Waals surface area contributed by atoms with E-state index in [2.05, 4.69) is 5.32 Å². The number of piperazine rings is 1. The monoisotopic (exact) mass is 363 g/mol. The summed E-state index contributed by atoms with van der Waals surface area (Å²) in [5, 5.41) is 2.64. The van der Waals surface area contributed by atoms with Crippen LogP contribution in [0.25, 0.3) is 0 Å². The van der Waals surface area contributed by atoms with E-state index in [9.17, 15) is 14.4 Å². The summed E-state index contributed by atoms with van der Waals surface area (Å²) in [6, 6.07) is 7.54. The minimum Gasteiger partial charge on any atom is -0.497 e. The first-order valence-corrected chi connectivity index (χ1v) is 8.67. The average molecular weight is 363 g/mol. The van der Waals surface area contributed by atoms with Gasteiger partial charge in [-0.05, 0) is 31.0 Å². The molecule has 0 spiro atoms. The lowest BCUT2D eigenvalue weighted by atomic mass is 10.1. The van der Waals surface area contributed by atoms with E-state index in [1.54, 1.807) is 14.0 Å². The van der Waals surface area contributed by atoms with Crippen molar-refractivity contribution in [3.8, 4) is 5.75 Å². The molecule has 8 nitrogen and oxygen atoms in total. The lowest BCUT2D eigenvalue weighted by Crippen LogP contribution is -2.54. The van der Waals surface area contributed by atoms with Gasteiger partial charge in [0.05, 0.1) is 13.7 Å². The molecule has 1 heterocycles. The van der Waals surface area contributed by atoms with E-state index < -0.39 is 11.8 Å². The van der Waals surface area contributed by atoms with Crippen LogP contribution in [0.15, 0.2) is 24.3 Å². The van der Waals surface area contributed by atoms with Crippen molar-refractivity contribution >= 4 is 17.9 Å². The fourth-order valence-corrected chi connectivity index (χ4v) is 2.64. The summed E-state index contributed by atoms with van der Waals surface area (Å²) in [5.41, 5.74) is 1.04. The molecule has 0 aliphatic carbocycles. The van der Waals surface area contributed by atoms with Crippen molar-refractivity contribution in [1.29, 1.82) is 0 Å². The molecule has 1 fully saturated rings. The highest BCUT2D eigenvalue weighted by Gasteiger charge is 2.28. The molecule has 0 bridgehead atoms. The second kappa shape index (κ2) is 9.65. The first kappa shape index (κ1) is 19.6. The molecule has 0 atom stereocenters. The summed E-state index contributed by atoms with van der Waals surface area (Å²) in [6.45, 7) is 3.81. The predicted molar refractivity (Wildman–Crippen MR) is 94.9 cm³/mol. The van der Waals surface area contributed by atoms with Crippen LogP contribution in [0.1, 0.15) is 12.5 Å². The lowest BCUT2D eigenvalue weighted by Gasteiger charge is -2.33. The zero-order valence-electron chi connectivity index (χ0n) is 15.2. The molecule has 3 amide bonds. The van der Waals surface area contributed by atoms with Crippen LogP contribution in [-0.4, -0.2) is 74.1 Å². The zero-order chi connectivity index (χ0) is 18.9. The molecule has 26 heavy (non-hydrogen) atoms. The van der Waals surface area contributed by atoms with Crippen LogP contribution < -0.4 is 10.1 Å². The van der Waals surface area contributed by atoms with Gasteiger partial charge in [-0.15, -0.1) is 0 Å². The van der Waals surface area contributed by atoms with E-state index in [1.807, 2.05) is 24.3 Å². The lowest BCUT2D eigenvalue weighted by molar-refractivity contribution is -0.146. The minimum atomic E-state index is -0.622. The maximum absolute atomic E-state index is 12.2. The van der Waals surface area contributed by atoms with Crippen molar-refractivity contribution in [2.75, 3.05) is 46.4 Å². The first-order valence-electron chi connectivity index (χ1n) is 8.67. The fraction of sp³-hybridized carbons (Fsp3) is 0.500. The van der Waals surface area contributed by atoms with Gasteiger partial charge < -0.3 is 24.6 Å². The van der Waals surface area contributed by atoms with Gasteiger partial charge in [-0.25, -0.2) is 4.79 Å². The molecule has 1 aliphatic rings. The Morgan fingerprint density at radius 3 is 2.23 bits per heavy atom. The van der Waals surface area contributed by atoms with Crippen LogP contribution in [-0.2, 0) is 20.7 Å². The molecule has 1 saturated heterocycles. The molecule has 0 saturated carbocycles. The van der Waals surface area contributed by atoms with Crippen molar-refractivity contribution in [2.24, 2.45) is 0 Å². The number of hydrogen-bond donors (Lipinski definition) is 1. The number of nitrogens with one attached hydrogen (secondary N) is 1. The van der Waals surface area contributed by atoms with Gasteiger partial charge in [-0.1, -0.05) is 12.1 Å². The van der Waals surface area contributed by atoms with Crippen LogP contribution in [0.3, 0.4) is 0 Å². The van der Waals surface area contributed by atoms with E-state index in [0.29, 0.717) is 45.8 Å². The summed E-state index contributed by atoms with van der Waals surface area (Å²) >= 11 is 0. The van der Waals surface area contributed by atoms with Gasteiger partial charge in [0.1, 0.15) is 5.75 Å². The Labute approximate surface area is 153 Å². The molecule has 1 N–H and O–H groups in total. The quantitative estimate of drug-likeness (QED) is 0.776. The standard InChI is InChI=1S/C18H25N3O5/c1-3-26-18(24)21-12-10-20(11-13-21)17(23)16(22)19-9-8-14-4-6-15(25-2)7-5-14/h4-7H,3,8-13H2,1-2H3,(H,19,22). The van der Waals surface area contributed by atoms with Crippen LogP contribution in [0, 0.1) is 0 Å². The van der Waals surface area contributed by atoms with Gasteiger partial charge in [-0.2, -0.15) is 0 Å².